The van der Waals surface area contributed by atoms with Crippen molar-refractivity contribution >= 4 is 0 Å². The zero-order chi connectivity index (χ0) is 13.0. The van der Waals surface area contributed by atoms with E-state index in [0.29, 0.717) is 18.0 Å². The summed E-state index contributed by atoms with van der Waals surface area (Å²) in [5.41, 5.74) is 2.72. The van der Waals surface area contributed by atoms with Crippen LogP contribution in [0.2, 0.25) is 0 Å². The second-order valence-electron chi connectivity index (χ2n) is 5.45. The molecular weight excluding hydrogens is 210 g/mol. The van der Waals surface area contributed by atoms with E-state index in [1.165, 1.54) is 11.3 Å². The lowest BCUT2D eigenvalue weighted by Crippen LogP contribution is -2.23. The highest BCUT2D eigenvalue weighted by atomic mass is 15.3. The molecule has 0 aliphatic heterocycles. The molecule has 1 heterocycles. The van der Waals surface area contributed by atoms with E-state index in [1.54, 1.807) is 0 Å². The molecule has 0 aliphatic rings. The normalized spacial score (nSPS) is 13.6. The Morgan fingerprint density at radius 2 is 1.88 bits per heavy atom. The van der Waals surface area contributed by atoms with Gasteiger partial charge in [0, 0.05) is 29.9 Å². The number of rotatable bonds is 6. The van der Waals surface area contributed by atoms with Crippen molar-refractivity contribution in [3.05, 3.63) is 17.5 Å². The third-order valence-corrected chi connectivity index (χ3v) is 3.17. The molecule has 1 N–H and O–H groups in total. The first-order valence-corrected chi connectivity index (χ1v) is 6.77. The SMILES string of the molecule is CCC(C)n1ncc(CNC(C)C)c1C(C)C. The molecule has 0 aliphatic carbocycles. The number of nitrogens with one attached hydrogen (secondary N) is 1. The second-order valence-corrected chi connectivity index (χ2v) is 5.45. The maximum Gasteiger partial charge on any atom is 0.0537 e. The molecule has 0 saturated heterocycles. The zero-order valence-electron chi connectivity index (χ0n) is 12.1. The van der Waals surface area contributed by atoms with Gasteiger partial charge >= 0.3 is 0 Å². The van der Waals surface area contributed by atoms with Gasteiger partial charge in [0.05, 0.1) is 6.20 Å². The fraction of sp³-hybridized carbons (Fsp3) is 0.786. The maximum atomic E-state index is 4.56. The first-order chi connectivity index (χ1) is 7.97. The van der Waals surface area contributed by atoms with Gasteiger partial charge in [-0.05, 0) is 19.3 Å². The van der Waals surface area contributed by atoms with Gasteiger partial charge in [0.1, 0.15) is 0 Å². The summed E-state index contributed by atoms with van der Waals surface area (Å²) in [4.78, 5) is 0. The van der Waals surface area contributed by atoms with Crippen LogP contribution in [0.3, 0.4) is 0 Å². The number of aromatic nitrogens is 2. The molecule has 17 heavy (non-hydrogen) atoms. The Balaban J connectivity index is 2.94. The van der Waals surface area contributed by atoms with E-state index in [-0.39, 0.29) is 0 Å². The summed E-state index contributed by atoms with van der Waals surface area (Å²) < 4.78 is 2.20. The molecular formula is C14H27N3. The van der Waals surface area contributed by atoms with Crippen LogP contribution in [-0.4, -0.2) is 15.8 Å². The van der Waals surface area contributed by atoms with E-state index in [1.807, 2.05) is 6.20 Å². The standard InChI is InChI=1S/C14H27N3/c1-7-12(6)17-14(10(2)3)13(9-16-17)8-15-11(4)5/h9-12,15H,7-8H2,1-6H3. The number of hydrogen-bond donors (Lipinski definition) is 1. The molecule has 0 amide bonds. The molecule has 0 aromatic carbocycles. The summed E-state index contributed by atoms with van der Waals surface area (Å²) in [6.07, 6.45) is 3.15. The van der Waals surface area contributed by atoms with E-state index in [4.69, 9.17) is 0 Å². The maximum absolute atomic E-state index is 4.56. The molecule has 0 fully saturated rings. The predicted molar refractivity (Wildman–Crippen MR) is 73.3 cm³/mol. The van der Waals surface area contributed by atoms with Crippen LogP contribution in [-0.2, 0) is 6.54 Å². The monoisotopic (exact) mass is 237 g/mol. The van der Waals surface area contributed by atoms with E-state index < -0.39 is 0 Å². The Kier molecular flexibility index (Phi) is 5.19. The molecule has 1 aromatic heterocycles. The molecule has 1 unspecified atom stereocenters. The quantitative estimate of drug-likeness (QED) is 0.821. The van der Waals surface area contributed by atoms with Gasteiger partial charge in [0.25, 0.3) is 0 Å². The molecule has 1 atom stereocenters. The van der Waals surface area contributed by atoms with Crippen molar-refractivity contribution < 1.29 is 0 Å². The fourth-order valence-corrected chi connectivity index (χ4v) is 2.02. The summed E-state index contributed by atoms with van der Waals surface area (Å²) in [7, 11) is 0. The summed E-state index contributed by atoms with van der Waals surface area (Å²) in [6, 6.07) is 1.00. The van der Waals surface area contributed by atoms with Gasteiger partial charge in [-0.15, -0.1) is 0 Å². The minimum atomic E-state index is 0.486. The lowest BCUT2D eigenvalue weighted by atomic mass is 10.0. The van der Waals surface area contributed by atoms with Gasteiger partial charge in [-0.1, -0.05) is 34.6 Å². The molecule has 3 heteroatoms. The van der Waals surface area contributed by atoms with Gasteiger partial charge in [-0.3, -0.25) is 4.68 Å². The van der Waals surface area contributed by atoms with E-state index in [0.717, 1.165) is 13.0 Å². The summed E-state index contributed by atoms with van der Waals surface area (Å²) in [6.45, 7) is 14.2. The molecule has 98 valence electrons. The van der Waals surface area contributed by atoms with Gasteiger partial charge in [0.15, 0.2) is 0 Å². The van der Waals surface area contributed by atoms with Crippen molar-refractivity contribution in [2.75, 3.05) is 0 Å². The van der Waals surface area contributed by atoms with Crippen molar-refractivity contribution in [3.8, 4) is 0 Å². The Morgan fingerprint density at radius 1 is 1.24 bits per heavy atom. The van der Waals surface area contributed by atoms with Crippen LogP contribution in [0, 0.1) is 0 Å². The van der Waals surface area contributed by atoms with Gasteiger partial charge in [0.2, 0.25) is 0 Å². The summed E-state index contributed by atoms with van der Waals surface area (Å²) >= 11 is 0. The largest absolute Gasteiger partial charge is 0.310 e. The van der Waals surface area contributed by atoms with E-state index in [2.05, 4.69) is 56.6 Å². The second kappa shape index (κ2) is 6.20. The average molecular weight is 237 g/mol. The van der Waals surface area contributed by atoms with E-state index in [9.17, 15) is 0 Å². The Morgan fingerprint density at radius 3 is 2.35 bits per heavy atom. The Hall–Kier alpha value is -0.830. The highest BCUT2D eigenvalue weighted by Crippen LogP contribution is 2.24. The van der Waals surface area contributed by atoms with Crippen LogP contribution in [0.25, 0.3) is 0 Å². The van der Waals surface area contributed by atoms with Crippen LogP contribution in [0.5, 0.6) is 0 Å². The average Bonchev–Trinajstić information content (AvgIpc) is 2.68. The van der Waals surface area contributed by atoms with Crippen molar-refractivity contribution in [1.29, 1.82) is 0 Å². The Labute approximate surface area is 106 Å². The fourth-order valence-electron chi connectivity index (χ4n) is 2.02. The number of hydrogen-bond acceptors (Lipinski definition) is 2. The third kappa shape index (κ3) is 3.56. The first kappa shape index (κ1) is 14.2. The van der Waals surface area contributed by atoms with Gasteiger partial charge in [-0.2, -0.15) is 5.10 Å². The summed E-state index contributed by atoms with van der Waals surface area (Å²) in [5, 5.41) is 8.04. The predicted octanol–water partition coefficient (Wildman–Crippen LogP) is 3.48. The van der Waals surface area contributed by atoms with Crippen LogP contribution in [0.1, 0.15) is 71.2 Å². The molecule has 0 saturated carbocycles. The van der Waals surface area contributed by atoms with Crippen molar-refractivity contribution in [2.45, 2.75) is 72.5 Å². The van der Waals surface area contributed by atoms with Crippen LogP contribution in [0.15, 0.2) is 6.20 Å². The van der Waals surface area contributed by atoms with Crippen LogP contribution < -0.4 is 5.32 Å². The minimum Gasteiger partial charge on any atom is -0.310 e. The number of nitrogens with zero attached hydrogens (tertiary/aromatic N) is 2. The first-order valence-electron chi connectivity index (χ1n) is 6.77. The lowest BCUT2D eigenvalue weighted by Gasteiger charge is -2.18. The molecule has 1 rings (SSSR count). The van der Waals surface area contributed by atoms with Crippen molar-refractivity contribution in [3.63, 3.8) is 0 Å². The molecule has 0 bridgehead atoms. The van der Waals surface area contributed by atoms with Gasteiger partial charge in [-0.25, -0.2) is 0 Å². The molecule has 3 nitrogen and oxygen atoms in total. The molecule has 0 radical (unpaired) electrons. The molecule has 0 spiro atoms. The summed E-state index contributed by atoms with van der Waals surface area (Å²) in [5.74, 6) is 0.524. The Bertz CT molecular complexity index is 339. The minimum absolute atomic E-state index is 0.486. The van der Waals surface area contributed by atoms with Crippen LogP contribution >= 0.6 is 0 Å². The third-order valence-electron chi connectivity index (χ3n) is 3.17. The van der Waals surface area contributed by atoms with Gasteiger partial charge < -0.3 is 5.32 Å². The van der Waals surface area contributed by atoms with Crippen molar-refractivity contribution in [2.24, 2.45) is 0 Å². The highest BCUT2D eigenvalue weighted by molar-refractivity contribution is 5.21. The topological polar surface area (TPSA) is 29.9 Å². The van der Waals surface area contributed by atoms with E-state index >= 15 is 0 Å². The zero-order valence-corrected chi connectivity index (χ0v) is 12.1. The molecule has 1 aromatic rings. The van der Waals surface area contributed by atoms with Crippen LogP contribution in [0.4, 0.5) is 0 Å². The van der Waals surface area contributed by atoms with Crippen molar-refractivity contribution in [1.82, 2.24) is 15.1 Å². The lowest BCUT2D eigenvalue weighted by molar-refractivity contribution is 0.450. The highest BCUT2D eigenvalue weighted by Gasteiger charge is 2.16. The smallest absolute Gasteiger partial charge is 0.0537 e.